The van der Waals surface area contributed by atoms with Crippen molar-refractivity contribution >= 4 is 0 Å². The molecule has 1 fully saturated rings. The van der Waals surface area contributed by atoms with Crippen LogP contribution in [-0.4, -0.2) is 61.7 Å². The number of hydrogen-bond acceptors (Lipinski definition) is 3. The van der Waals surface area contributed by atoms with Gasteiger partial charge in [0.2, 0.25) is 0 Å². The molecule has 0 radical (unpaired) electrons. The Bertz CT molecular complexity index is 222. The van der Waals surface area contributed by atoms with Crippen molar-refractivity contribution in [1.29, 1.82) is 0 Å². The lowest BCUT2D eigenvalue weighted by atomic mass is 9.90. The van der Waals surface area contributed by atoms with E-state index in [-0.39, 0.29) is 0 Å². The van der Waals surface area contributed by atoms with Gasteiger partial charge >= 0.3 is 0 Å². The van der Waals surface area contributed by atoms with Gasteiger partial charge < -0.3 is 15.1 Å². The van der Waals surface area contributed by atoms with Gasteiger partial charge in [-0.2, -0.15) is 0 Å². The summed E-state index contributed by atoms with van der Waals surface area (Å²) in [5, 5.41) is 3.73. The summed E-state index contributed by atoms with van der Waals surface area (Å²) in [6, 6.07) is 1.35. The van der Waals surface area contributed by atoms with E-state index in [1.54, 1.807) is 0 Å². The summed E-state index contributed by atoms with van der Waals surface area (Å²) in [4.78, 5) is 4.99. The van der Waals surface area contributed by atoms with E-state index in [4.69, 9.17) is 0 Å². The van der Waals surface area contributed by atoms with Crippen molar-refractivity contribution in [3.05, 3.63) is 0 Å². The molecular formula is C16H35N3. The second kappa shape index (κ2) is 8.93. The zero-order valence-corrected chi connectivity index (χ0v) is 13.8. The van der Waals surface area contributed by atoms with Crippen LogP contribution in [-0.2, 0) is 0 Å². The molecule has 19 heavy (non-hydrogen) atoms. The van der Waals surface area contributed by atoms with Crippen molar-refractivity contribution in [2.24, 2.45) is 5.92 Å². The Morgan fingerprint density at radius 1 is 1.21 bits per heavy atom. The van der Waals surface area contributed by atoms with E-state index in [2.05, 4.69) is 49.9 Å². The molecule has 1 aliphatic heterocycles. The molecule has 0 saturated carbocycles. The van der Waals surface area contributed by atoms with Crippen LogP contribution < -0.4 is 5.32 Å². The van der Waals surface area contributed by atoms with E-state index in [0.29, 0.717) is 12.1 Å². The summed E-state index contributed by atoms with van der Waals surface area (Å²) in [6.45, 7) is 15.3. The van der Waals surface area contributed by atoms with Crippen molar-refractivity contribution in [2.75, 3.05) is 39.8 Å². The largest absolute Gasteiger partial charge is 0.314 e. The third-order valence-corrected chi connectivity index (χ3v) is 4.82. The Hall–Kier alpha value is -0.120. The first-order valence-electron chi connectivity index (χ1n) is 8.20. The number of rotatable bonds is 8. The van der Waals surface area contributed by atoms with Crippen LogP contribution in [0.3, 0.4) is 0 Å². The van der Waals surface area contributed by atoms with Gasteiger partial charge in [-0.25, -0.2) is 0 Å². The topological polar surface area (TPSA) is 18.5 Å². The number of likely N-dealkylation sites (tertiary alicyclic amines) is 1. The molecule has 0 aromatic heterocycles. The van der Waals surface area contributed by atoms with Gasteiger partial charge in [0, 0.05) is 12.1 Å². The van der Waals surface area contributed by atoms with Crippen LogP contribution in [0.25, 0.3) is 0 Å². The van der Waals surface area contributed by atoms with Crippen molar-refractivity contribution in [3.63, 3.8) is 0 Å². The van der Waals surface area contributed by atoms with Gasteiger partial charge in [-0.05, 0) is 85.7 Å². The molecule has 0 spiro atoms. The zero-order valence-electron chi connectivity index (χ0n) is 13.8. The fourth-order valence-electron chi connectivity index (χ4n) is 2.85. The minimum atomic E-state index is 0.663. The molecule has 0 amide bonds. The van der Waals surface area contributed by atoms with Crippen molar-refractivity contribution in [1.82, 2.24) is 15.1 Å². The maximum atomic E-state index is 3.73. The Kier molecular flexibility index (Phi) is 7.96. The van der Waals surface area contributed by atoms with Crippen LogP contribution in [0.1, 0.15) is 47.0 Å². The lowest BCUT2D eigenvalue weighted by molar-refractivity contribution is 0.168. The van der Waals surface area contributed by atoms with Crippen molar-refractivity contribution in [2.45, 2.75) is 59.0 Å². The normalized spacial score (nSPS) is 20.4. The molecule has 1 aliphatic rings. The highest BCUT2D eigenvalue weighted by molar-refractivity contribution is 4.79. The number of nitrogens with one attached hydrogen (secondary N) is 1. The summed E-state index contributed by atoms with van der Waals surface area (Å²) in [7, 11) is 2.22. The predicted octanol–water partition coefficient (Wildman–Crippen LogP) is 2.43. The van der Waals surface area contributed by atoms with Crippen LogP contribution in [0.4, 0.5) is 0 Å². The minimum absolute atomic E-state index is 0.663. The maximum Gasteiger partial charge on any atom is 0.00679 e. The first-order valence-corrected chi connectivity index (χ1v) is 8.20. The highest BCUT2D eigenvalue weighted by atomic mass is 15.1. The fourth-order valence-corrected chi connectivity index (χ4v) is 2.85. The second-order valence-electron chi connectivity index (χ2n) is 6.44. The molecule has 3 nitrogen and oxygen atoms in total. The Morgan fingerprint density at radius 2 is 1.84 bits per heavy atom. The fraction of sp³-hybridized carbons (Fsp3) is 1.00. The average Bonchev–Trinajstić information content (AvgIpc) is 2.43. The summed E-state index contributed by atoms with van der Waals surface area (Å²) in [6.07, 6.45) is 3.99. The first kappa shape index (κ1) is 16.9. The number of nitrogens with zero attached hydrogens (tertiary/aromatic N) is 2. The molecule has 1 unspecified atom stereocenters. The standard InChI is InChI=1S/C16H35N3/c1-6-19-12-8-16(9-13-19)15(4)17-10-7-11-18(5)14(2)3/h14-17H,6-13H2,1-5H3. The lowest BCUT2D eigenvalue weighted by Crippen LogP contribution is -2.42. The van der Waals surface area contributed by atoms with E-state index < -0.39 is 0 Å². The van der Waals surface area contributed by atoms with Gasteiger partial charge in [-0.1, -0.05) is 6.92 Å². The maximum absolute atomic E-state index is 3.73. The van der Waals surface area contributed by atoms with Gasteiger partial charge in [-0.3, -0.25) is 0 Å². The first-order chi connectivity index (χ1) is 9.04. The van der Waals surface area contributed by atoms with Gasteiger partial charge in [0.1, 0.15) is 0 Å². The highest BCUT2D eigenvalue weighted by Gasteiger charge is 2.22. The molecule has 1 atom stereocenters. The molecule has 1 heterocycles. The van der Waals surface area contributed by atoms with Gasteiger partial charge in [-0.15, -0.1) is 0 Å². The smallest absolute Gasteiger partial charge is 0.00679 e. The van der Waals surface area contributed by atoms with Crippen LogP contribution >= 0.6 is 0 Å². The quantitative estimate of drug-likeness (QED) is 0.683. The van der Waals surface area contributed by atoms with E-state index in [9.17, 15) is 0 Å². The Balaban J connectivity index is 2.09. The molecule has 1 rings (SSSR count). The van der Waals surface area contributed by atoms with E-state index >= 15 is 0 Å². The molecule has 0 aromatic rings. The van der Waals surface area contributed by atoms with Crippen LogP contribution in [0.2, 0.25) is 0 Å². The molecule has 0 bridgehead atoms. The second-order valence-corrected chi connectivity index (χ2v) is 6.44. The number of hydrogen-bond donors (Lipinski definition) is 1. The van der Waals surface area contributed by atoms with Crippen molar-refractivity contribution < 1.29 is 0 Å². The van der Waals surface area contributed by atoms with Crippen molar-refractivity contribution in [3.8, 4) is 0 Å². The van der Waals surface area contributed by atoms with E-state index in [0.717, 1.165) is 12.5 Å². The molecule has 0 aromatic carbocycles. The molecule has 3 heteroatoms. The van der Waals surface area contributed by atoms with Crippen LogP contribution in [0.5, 0.6) is 0 Å². The molecule has 0 aliphatic carbocycles. The summed E-state index contributed by atoms with van der Waals surface area (Å²) in [5.41, 5.74) is 0. The van der Waals surface area contributed by atoms with E-state index in [1.807, 2.05) is 0 Å². The summed E-state index contributed by atoms with van der Waals surface area (Å²) in [5.74, 6) is 0.880. The highest BCUT2D eigenvalue weighted by Crippen LogP contribution is 2.20. The zero-order chi connectivity index (χ0) is 14.3. The lowest BCUT2D eigenvalue weighted by Gasteiger charge is -2.34. The van der Waals surface area contributed by atoms with Crippen LogP contribution in [0.15, 0.2) is 0 Å². The molecule has 1 saturated heterocycles. The van der Waals surface area contributed by atoms with Crippen LogP contribution in [0, 0.1) is 5.92 Å². The molecular weight excluding hydrogens is 234 g/mol. The summed E-state index contributed by atoms with van der Waals surface area (Å²) >= 11 is 0. The van der Waals surface area contributed by atoms with E-state index in [1.165, 1.54) is 45.4 Å². The predicted molar refractivity (Wildman–Crippen MR) is 84.7 cm³/mol. The number of piperidine rings is 1. The molecule has 114 valence electrons. The van der Waals surface area contributed by atoms with Gasteiger partial charge in [0.15, 0.2) is 0 Å². The minimum Gasteiger partial charge on any atom is -0.314 e. The Labute approximate surface area is 120 Å². The van der Waals surface area contributed by atoms with Gasteiger partial charge in [0.05, 0.1) is 0 Å². The molecule has 1 N–H and O–H groups in total. The van der Waals surface area contributed by atoms with Gasteiger partial charge in [0.25, 0.3) is 0 Å². The third-order valence-electron chi connectivity index (χ3n) is 4.82. The monoisotopic (exact) mass is 269 g/mol. The average molecular weight is 269 g/mol. The third kappa shape index (κ3) is 6.24. The SMILES string of the molecule is CCN1CCC(C(C)NCCCN(C)C(C)C)CC1. The summed E-state index contributed by atoms with van der Waals surface area (Å²) < 4.78 is 0. The Morgan fingerprint density at radius 3 is 2.37 bits per heavy atom.